The summed E-state index contributed by atoms with van der Waals surface area (Å²) in [6, 6.07) is 0.432. The van der Waals surface area contributed by atoms with Gasteiger partial charge in [-0.05, 0) is 38.4 Å². The van der Waals surface area contributed by atoms with Gasteiger partial charge in [-0.15, -0.1) is 0 Å². The zero-order valence-electron chi connectivity index (χ0n) is 13.7. The smallest absolute Gasteiger partial charge is 0.0725 e. The topological polar surface area (TPSA) is 47.1 Å². The van der Waals surface area contributed by atoms with E-state index in [9.17, 15) is 0 Å². The molecule has 20 heavy (non-hydrogen) atoms. The molecule has 2 unspecified atom stereocenters. The van der Waals surface area contributed by atoms with Crippen molar-refractivity contribution in [3.8, 4) is 0 Å². The lowest BCUT2D eigenvalue weighted by Gasteiger charge is -2.41. The van der Waals surface area contributed by atoms with Gasteiger partial charge >= 0.3 is 0 Å². The van der Waals surface area contributed by atoms with Gasteiger partial charge in [0.25, 0.3) is 0 Å². The molecule has 1 aromatic heterocycles. The Morgan fingerprint density at radius 3 is 2.65 bits per heavy atom. The summed E-state index contributed by atoms with van der Waals surface area (Å²) in [5.41, 5.74) is 8.75. The fourth-order valence-corrected chi connectivity index (χ4v) is 3.51. The monoisotopic (exact) mass is 278 g/mol. The van der Waals surface area contributed by atoms with Crippen LogP contribution >= 0.6 is 0 Å². The van der Waals surface area contributed by atoms with Gasteiger partial charge in [0.1, 0.15) is 0 Å². The zero-order chi connectivity index (χ0) is 14.9. The highest BCUT2D eigenvalue weighted by Crippen LogP contribution is 2.39. The van der Waals surface area contributed by atoms with Crippen LogP contribution in [-0.4, -0.2) is 34.3 Å². The number of aromatic nitrogens is 2. The molecule has 1 aliphatic rings. The Bertz CT molecular complexity index is 432. The van der Waals surface area contributed by atoms with Gasteiger partial charge in [0, 0.05) is 30.3 Å². The van der Waals surface area contributed by atoms with E-state index in [1.165, 1.54) is 30.6 Å². The summed E-state index contributed by atoms with van der Waals surface area (Å²) >= 11 is 0. The first-order chi connectivity index (χ1) is 9.38. The van der Waals surface area contributed by atoms with Crippen LogP contribution in [0.25, 0.3) is 0 Å². The summed E-state index contributed by atoms with van der Waals surface area (Å²) in [5, 5.41) is 4.74. The summed E-state index contributed by atoms with van der Waals surface area (Å²) in [6.07, 6.45) is 4.70. The highest BCUT2D eigenvalue weighted by atomic mass is 15.3. The molecule has 0 amide bonds. The molecule has 0 bridgehead atoms. The van der Waals surface area contributed by atoms with E-state index in [0.29, 0.717) is 12.0 Å². The maximum atomic E-state index is 6.06. The second-order valence-corrected chi connectivity index (χ2v) is 7.07. The van der Waals surface area contributed by atoms with Crippen LogP contribution in [0.4, 0.5) is 0 Å². The molecule has 0 saturated carbocycles. The number of nitrogens with two attached hydrogens (primary N) is 1. The molecule has 2 atom stereocenters. The Kier molecular flexibility index (Phi) is 4.55. The second kappa shape index (κ2) is 5.86. The Labute approximate surface area is 123 Å². The molecule has 4 heteroatoms. The normalized spacial score (nSPS) is 25.1. The third-order valence-electron chi connectivity index (χ3n) is 4.46. The third kappa shape index (κ3) is 2.91. The van der Waals surface area contributed by atoms with Crippen molar-refractivity contribution in [1.29, 1.82) is 0 Å². The lowest BCUT2D eigenvalue weighted by Crippen LogP contribution is -2.42. The molecule has 2 N–H and O–H groups in total. The van der Waals surface area contributed by atoms with Crippen LogP contribution in [0.5, 0.6) is 0 Å². The molecule has 0 spiro atoms. The first-order valence-electron chi connectivity index (χ1n) is 7.86. The fraction of sp³-hybridized carbons (Fsp3) is 0.812. The molecule has 114 valence electrons. The molecular formula is C16H30N4. The average molecular weight is 278 g/mol. The van der Waals surface area contributed by atoms with Crippen LogP contribution in [0.3, 0.4) is 0 Å². The van der Waals surface area contributed by atoms with Crippen molar-refractivity contribution in [3.63, 3.8) is 0 Å². The second-order valence-electron chi connectivity index (χ2n) is 7.07. The molecule has 2 heterocycles. The fourth-order valence-electron chi connectivity index (χ4n) is 3.51. The van der Waals surface area contributed by atoms with E-state index in [2.05, 4.69) is 38.8 Å². The summed E-state index contributed by atoms with van der Waals surface area (Å²) in [4.78, 5) is 2.58. The van der Waals surface area contributed by atoms with Crippen LogP contribution in [0.1, 0.15) is 57.8 Å². The maximum absolute atomic E-state index is 6.06. The Hall–Kier alpha value is -0.870. The Morgan fingerprint density at radius 1 is 1.40 bits per heavy atom. The highest BCUT2D eigenvalue weighted by molar-refractivity contribution is 5.28. The standard InChI is InChI=1S/C16H30N4/c1-6-20-9-7-8-12(10-17)14(20)13-11-19(5)18-15(13)16(2,3)4/h11-12,14H,6-10,17H2,1-5H3. The van der Waals surface area contributed by atoms with Crippen LogP contribution < -0.4 is 5.73 Å². The van der Waals surface area contributed by atoms with E-state index in [1.807, 2.05) is 11.7 Å². The third-order valence-corrected chi connectivity index (χ3v) is 4.46. The highest BCUT2D eigenvalue weighted by Gasteiger charge is 2.36. The quantitative estimate of drug-likeness (QED) is 0.924. The van der Waals surface area contributed by atoms with Crippen molar-refractivity contribution < 1.29 is 0 Å². The van der Waals surface area contributed by atoms with E-state index < -0.39 is 0 Å². The van der Waals surface area contributed by atoms with E-state index >= 15 is 0 Å². The van der Waals surface area contributed by atoms with Crippen molar-refractivity contribution in [3.05, 3.63) is 17.5 Å². The number of hydrogen-bond acceptors (Lipinski definition) is 3. The number of piperidine rings is 1. The Balaban J connectivity index is 2.45. The van der Waals surface area contributed by atoms with Crippen molar-refractivity contribution in [2.45, 2.75) is 52.0 Å². The molecular weight excluding hydrogens is 248 g/mol. The molecule has 1 aromatic rings. The summed E-state index contributed by atoms with van der Waals surface area (Å²) < 4.78 is 1.96. The first kappa shape index (κ1) is 15.5. The minimum Gasteiger partial charge on any atom is -0.330 e. The van der Waals surface area contributed by atoms with Crippen LogP contribution in [0.15, 0.2) is 6.20 Å². The number of nitrogens with zero attached hydrogens (tertiary/aromatic N) is 3. The molecule has 1 aliphatic heterocycles. The number of aryl methyl sites for hydroxylation is 1. The predicted octanol–water partition coefficient (Wildman–Crippen LogP) is 2.45. The van der Waals surface area contributed by atoms with Gasteiger partial charge in [-0.3, -0.25) is 9.58 Å². The van der Waals surface area contributed by atoms with Crippen molar-refractivity contribution >= 4 is 0 Å². The molecule has 1 fully saturated rings. The number of likely N-dealkylation sites (tertiary alicyclic amines) is 1. The maximum Gasteiger partial charge on any atom is 0.0725 e. The minimum atomic E-state index is 0.0760. The SMILES string of the molecule is CCN1CCCC(CN)C1c1cn(C)nc1C(C)(C)C. The number of rotatable bonds is 3. The van der Waals surface area contributed by atoms with Crippen LogP contribution in [0, 0.1) is 5.92 Å². The molecule has 2 rings (SSSR count). The van der Waals surface area contributed by atoms with Crippen molar-refractivity contribution in [2.75, 3.05) is 19.6 Å². The number of hydrogen-bond donors (Lipinski definition) is 1. The van der Waals surface area contributed by atoms with E-state index in [0.717, 1.165) is 13.1 Å². The molecule has 4 nitrogen and oxygen atoms in total. The average Bonchev–Trinajstić information content (AvgIpc) is 2.79. The Morgan fingerprint density at radius 2 is 2.10 bits per heavy atom. The van der Waals surface area contributed by atoms with Gasteiger partial charge in [0.2, 0.25) is 0 Å². The van der Waals surface area contributed by atoms with Gasteiger partial charge in [0.05, 0.1) is 5.69 Å². The minimum absolute atomic E-state index is 0.0760. The molecule has 1 saturated heterocycles. The lowest BCUT2D eigenvalue weighted by atomic mass is 9.80. The zero-order valence-corrected chi connectivity index (χ0v) is 13.7. The summed E-state index contributed by atoms with van der Waals surface area (Å²) in [6.45, 7) is 12.0. The molecule has 0 radical (unpaired) electrons. The van der Waals surface area contributed by atoms with E-state index in [4.69, 9.17) is 10.8 Å². The van der Waals surface area contributed by atoms with E-state index in [1.54, 1.807) is 0 Å². The van der Waals surface area contributed by atoms with Crippen molar-refractivity contribution in [1.82, 2.24) is 14.7 Å². The molecule has 0 aromatic carbocycles. The van der Waals surface area contributed by atoms with E-state index in [-0.39, 0.29) is 5.41 Å². The lowest BCUT2D eigenvalue weighted by molar-refractivity contribution is 0.101. The van der Waals surface area contributed by atoms with Crippen LogP contribution in [-0.2, 0) is 12.5 Å². The van der Waals surface area contributed by atoms with Gasteiger partial charge in [-0.1, -0.05) is 27.7 Å². The van der Waals surface area contributed by atoms with Crippen LogP contribution in [0.2, 0.25) is 0 Å². The van der Waals surface area contributed by atoms with Gasteiger partial charge in [-0.2, -0.15) is 5.10 Å². The van der Waals surface area contributed by atoms with Gasteiger partial charge in [-0.25, -0.2) is 0 Å². The molecule has 0 aliphatic carbocycles. The summed E-state index contributed by atoms with van der Waals surface area (Å²) in [7, 11) is 2.02. The predicted molar refractivity (Wildman–Crippen MR) is 83.7 cm³/mol. The van der Waals surface area contributed by atoms with Crippen molar-refractivity contribution in [2.24, 2.45) is 18.7 Å². The van der Waals surface area contributed by atoms with Gasteiger partial charge < -0.3 is 5.73 Å². The van der Waals surface area contributed by atoms with Gasteiger partial charge in [0.15, 0.2) is 0 Å². The first-order valence-corrected chi connectivity index (χ1v) is 7.86. The largest absolute Gasteiger partial charge is 0.330 e. The summed E-state index contributed by atoms with van der Waals surface area (Å²) in [5.74, 6) is 0.550.